The van der Waals surface area contributed by atoms with E-state index in [2.05, 4.69) is 54.6 Å². The van der Waals surface area contributed by atoms with E-state index in [1.165, 1.54) is 11.1 Å². The number of aryl methyl sites for hydroxylation is 1. The molecule has 3 rings (SSSR count). The van der Waals surface area contributed by atoms with Crippen LogP contribution in [-0.2, 0) is 6.54 Å². The van der Waals surface area contributed by atoms with Gasteiger partial charge in [0.25, 0.3) is 0 Å². The van der Waals surface area contributed by atoms with Crippen molar-refractivity contribution in [2.24, 2.45) is 0 Å². The number of nitrogens with zero attached hydrogens (tertiary/aromatic N) is 2. The molecule has 1 unspecified atom stereocenters. The molecule has 0 aliphatic carbocycles. The lowest BCUT2D eigenvalue weighted by Gasteiger charge is -2.13. The first-order valence-corrected chi connectivity index (χ1v) is 6.95. The molecule has 1 atom stereocenters. The molecule has 0 bridgehead atoms. The molecular formula is C17H19N3. The van der Waals surface area contributed by atoms with Gasteiger partial charge in [-0.05, 0) is 31.5 Å². The van der Waals surface area contributed by atoms with Gasteiger partial charge in [0.1, 0.15) is 5.65 Å². The first-order chi connectivity index (χ1) is 9.72. The van der Waals surface area contributed by atoms with Gasteiger partial charge in [0.2, 0.25) is 0 Å². The lowest BCUT2D eigenvalue weighted by atomic mass is 10.1. The van der Waals surface area contributed by atoms with Crippen molar-refractivity contribution in [3.05, 3.63) is 71.7 Å². The Labute approximate surface area is 119 Å². The summed E-state index contributed by atoms with van der Waals surface area (Å²) < 4.78 is 2.05. The number of imidazole rings is 1. The average Bonchev–Trinajstić information content (AvgIpc) is 2.88. The minimum absolute atomic E-state index is 0.320. The Morgan fingerprint density at radius 3 is 2.70 bits per heavy atom. The maximum absolute atomic E-state index is 4.59. The maximum atomic E-state index is 4.59. The third kappa shape index (κ3) is 2.73. The second kappa shape index (κ2) is 5.47. The summed E-state index contributed by atoms with van der Waals surface area (Å²) >= 11 is 0. The van der Waals surface area contributed by atoms with Crippen LogP contribution in [0.15, 0.2) is 54.9 Å². The number of hydrogen-bond donors (Lipinski definition) is 1. The highest BCUT2D eigenvalue weighted by Gasteiger charge is 2.06. The fourth-order valence-electron chi connectivity index (χ4n) is 2.30. The summed E-state index contributed by atoms with van der Waals surface area (Å²) in [5.41, 5.74) is 4.66. The number of aromatic nitrogens is 2. The van der Waals surface area contributed by atoms with Gasteiger partial charge in [-0.25, -0.2) is 4.98 Å². The quantitative estimate of drug-likeness (QED) is 0.782. The third-order valence-electron chi connectivity index (χ3n) is 3.58. The summed E-state index contributed by atoms with van der Waals surface area (Å²) in [5, 5.41) is 3.52. The van der Waals surface area contributed by atoms with E-state index >= 15 is 0 Å². The van der Waals surface area contributed by atoms with Crippen molar-refractivity contribution < 1.29 is 0 Å². The van der Waals surface area contributed by atoms with Crippen LogP contribution < -0.4 is 5.32 Å². The van der Waals surface area contributed by atoms with Gasteiger partial charge in [-0.2, -0.15) is 0 Å². The number of pyridine rings is 1. The van der Waals surface area contributed by atoms with Crippen molar-refractivity contribution in [3.63, 3.8) is 0 Å². The molecule has 0 radical (unpaired) electrons. The van der Waals surface area contributed by atoms with Crippen LogP contribution in [0.3, 0.4) is 0 Å². The predicted molar refractivity (Wildman–Crippen MR) is 81.6 cm³/mol. The van der Waals surface area contributed by atoms with Gasteiger partial charge in [0.05, 0.1) is 5.69 Å². The topological polar surface area (TPSA) is 29.3 Å². The minimum atomic E-state index is 0.320. The molecule has 1 N–H and O–H groups in total. The van der Waals surface area contributed by atoms with E-state index in [0.29, 0.717) is 6.04 Å². The largest absolute Gasteiger partial charge is 0.307 e. The Morgan fingerprint density at radius 1 is 1.15 bits per heavy atom. The van der Waals surface area contributed by atoms with Gasteiger partial charge in [-0.15, -0.1) is 0 Å². The highest BCUT2D eigenvalue weighted by atomic mass is 15.0. The van der Waals surface area contributed by atoms with Crippen molar-refractivity contribution in [2.75, 3.05) is 0 Å². The summed E-state index contributed by atoms with van der Waals surface area (Å²) in [6, 6.07) is 15.0. The number of hydrogen-bond acceptors (Lipinski definition) is 2. The molecule has 20 heavy (non-hydrogen) atoms. The van der Waals surface area contributed by atoms with Crippen molar-refractivity contribution in [1.82, 2.24) is 14.7 Å². The first kappa shape index (κ1) is 12.9. The molecule has 0 aliphatic heterocycles. The van der Waals surface area contributed by atoms with Gasteiger partial charge < -0.3 is 9.72 Å². The van der Waals surface area contributed by atoms with Crippen LogP contribution in [0, 0.1) is 6.92 Å². The van der Waals surface area contributed by atoms with Gasteiger partial charge in [0, 0.05) is 25.0 Å². The number of fused-ring (bicyclic) bond motifs is 1. The van der Waals surface area contributed by atoms with Gasteiger partial charge in [-0.3, -0.25) is 0 Å². The Kier molecular flexibility index (Phi) is 3.52. The summed E-state index contributed by atoms with van der Waals surface area (Å²) in [5.74, 6) is 0. The molecule has 0 aliphatic rings. The van der Waals surface area contributed by atoms with Crippen molar-refractivity contribution in [1.29, 1.82) is 0 Å². The summed E-state index contributed by atoms with van der Waals surface area (Å²) in [4.78, 5) is 4.59. The Hall–Kier alpha value is -2.13. The predicted octanol–water partition coefficient (Wildman–Crippen LogP) is 3.49. The second-order valence-corrected chi connectivity index (χ2v) is 5.21. The molecule has 3 heteroatoms. The Morgan fingerprint density at radius 2 is 1.95 bits per heavy atom. The molecule has 0 saturated carbocycles. The van der Waals surface area contributed by atoms with Crippen molar-refractivity contribution in [3.8, 4) is 0 Å². The highest BCUT2D eigenvalue weighted by molar-refractivity contribution is 5.39. The smallest absolute Gasteiger partial charge is 0.137 e. The molecule has 3 nitrogen and oxygen atoms in total. The number of benzene rings is 1. The van der Waals surface area contributed by atoms with Crippen LogP contribution in [-0.4, -0.2) is 9.38 Å². The number of rotatable bonds is 4. The second-order valence-electron chi connectivity index (χ2n) is 5.21. The van der Waals surface area contributed by atoms with E-state index in [-0.39, 0.29) is 0 Å². The molecule has 0 amide bonds. The monoisotopic (exact) mass is 265 g/mol. The molecule has 1 aromatic carbocycles. The van der Waals surface area contributed by atoms with E-state index in [1.807, 2.05) is 28.8 Å². The van der Waals surface area contributed by atoms with E-state index in [9.17, 15) is 0 Å². The Bertz CT molecular complexity index is 665. The van der Waals surface area contributed by atoms with Gasteiger partial charge in [-0.1, -0.05) is 35.9 Å². The zero-order valence-electron chi connectivity index (χ0n) is 11.9. The lowest BCUT2D eigenvalue weighted by molar-refractivity contribution is 0.569. The minimum Gasteiger partial charge on any atom is -0.307 e. The molecule has 0 saturated heterocycles. The molecule has 102 valence electrons. The van der Waals surface area contributed by atoms with Crippen LogP contribution in [0.4, 0.5) is 0 Å². The average molecular weight is 265 g/mol. The fraction of sp³-hybridized carbons (Fsp3) is 0.235. The van der Waals surface area contributed by atoms with Gasteiger partial charge in [0.15, 0.2) is 0 Å². The first-order valence-electron chi connectivity index (χ1n) is 6.95. The molecular weight excluding hydrogens is 246 g/mol. The van der Waals surface area contributed by atoms with Crippen LogP contribution in [0.2, 0.25) is 0 Å². The van der Waals surface area contributed by atoms with E-state index < -0.39 is 0 Å². The molecule has 3 aromatic rings. The lowest BCUT2D eigenvalue weighted by Crippen LogP contribution is -2.18. The van der Waals surface area contributed by atoms with Crippen LogP contribution in [0.25, 0.3) is 5.65 Å². The van der Waals surface area contributed by atoms with Crippen LogP contribution >= 0.6 is 0 Å². The fourth-order valence-corrected chi connectivity index (χ4v) is 2.30. The van der Waals surface area contributed by atoms with Crippen LogP contribution in [0.5, 0.6) is 0 Å². The zero-order valence-corrected chi connectivity index (χ0v) is 11.9. The van der Waals surface area contributed by atoms with E-state index in [1.54, 1.807) is 0 Å². The standard InChI is InChI=1S/C17H19N3/c1-13-6-8-15(9-7-13)14(2)18-11-16-12-20-10-4-3-5-17(20)19-16/h3-10,12,14,18H,11H2,1-2H3. The molecule has 0 fully saturated rings. The Balaban J connectivity index is 1.68. The molecule has 2 aromatic heterocycles. The highest BCUT2D eigenvalue weighted by Crippen LogP contribution is 2.14. The molecule has 0 spiro atoms. The zero-order chi connectivity index (χ0) is 13.9. The van der Waals surface area contributed by atoms with Crippen LogP contribution in [0.1, 0.15) is 29.8 Å². The summed E-state index contributed by atoms with van der Waals surface area (Å²) in [6.45, 7) is 5.07. The van der Waals surface area contributed by atoms with Gasteiger partial charge >= 0.3 is 0 Å². The van der Waals surface area contributed by atoms with Crippen molar-refractivity contribution in [2.45, 2.75) is 26.4 Å². The van der Waals surface area contributed by atoms with E-state index in [4.69, 9.17) is 0 Å². The summed E-state index contributed by atoms with van der Waals surface area (Å²) in [6.07, 6.45) is 4.10. The maximum Gasteiger partial charge on any atom is 0.137 e. The number of nitrogens with one attached hydrogen (secondary N) is 1. The normalized spacial score (nSPS) is 12.7. The van der Waals surface area contributed by atoms with Crippen molar-refractivity contribution >= 4 is 5.65 Å². The van der Waals surface area contributed by atoms with E-state index in [0.717, 1.165) is 17.9 Å². The summed E-state index contributed by atoms with van der Waals surface area (Å²) in [7, 11) is 0. The SMILES string of the molecule is Cc1ccc(C(C)NCc2cn3ccccc3n2)cc1. The molecule has 2 heterocycles. The third-order valence-corrected chi connectivity index (χ3v) is 3.58.